The summed E-state index contributed by atoms with van der Waals surface area (Å²) in [6.07, 6.45) is -0.588. The Balaban J connectivity index is 2.10. The zero-order valence-electron chi connectivity index (χ0n) is 9.41. The van der Waals surface area contributed by atoms with E-state index < -0.39 is 11.2 Å². The lowest BCUT2D eigenvalue weighted by molar-refractivity contribution is -0.384. The number of hydrogen-bond donors (Lipinski definition) is 1. The lowest BCUT2D eigenvalue weighted by atomic mass is 10.1. The molecule has 0 bridgehead atoms. The van der Waals surface area contributed by atoms with Crippen LogP contribution in [0.15, 0.2) is 24.3 Å². The second kappa shape index (κ2) is 4.79. The maximum Gasteiger partial charge on any atom is 0.269 e. The van der Waals surface area contributed by atoms with E-state index in [1.807, 2.05) is 6.92 Å². The van der Waals surface area contributed by atoms with Crippen molar-refractivity contribution >= 4 is 5.69 Å². The van der Waals surface area contributed by atoms with Gasteiger partial charge in [-0.1, -0.05) is 0 Å². The first-order valence-electron chi connectivity index (χ1n) is 5.35. The van der Waals surface area contributed by atoms with Crippen molar-refractivity contribution in [2.75, 3.05) is 6.61 Å². The van der Waals surface area contributed by atoms with Crippen molar-refractivity contribution < 1.29 is 14.4 Å². The van der Waals surface area contributed by atoms with Crippen molar-refractivity contribution in [1.29, 1.82) is 0 Å². The van der Waals surface area contributed by atoms with Crippen LogP contribution in [0.25, 0.3) is 0 Å². The fraction of sp³-hybridized carbons (Fsp3) is 0.455. The van der Waals surface area contributed by atoms with Crippen molar-refractivity contribution in [3.63, 3.8) is 0 Å². The maximum atomic E-state index is 10.5. The van der Waals surface area contributed by atoms with E-state index in [1.54, 1.807) is 12.1 Å². The van der Waals surface area contributed by atoms with Gasteiger partial charge >= 0.3 is 0 Å². The van der Waals surface area contributed by atoms with Crippen LogP contribution in [0, 0.1) is 10.1 Å². The van der Waals surface area contributed by atoms with E-state index in [4.69, 9.17) is 15.2 Å². The molecule has 3 atom stereocenters. The van der Waals surface area contributed by atoms with E-state index in [0.717, 1.165) is 5.56 Å². The van der Waals surface area contributed by atoms with Crippen molar-refractivity contribution in [2.24, 2.45) is 5.73 Å². The molecule has 0 aliphatic carbocycles. The van der Waals surface area contributed by atoms with Crippen LogP contribution in [0.3, 0.4) is 0 Å². The molecule has 0 spiro atoms. The fourth-order valence-corrected chi connectivity index (χ4v) is 1.60. The van der Waals surface area contributed by atoms with Gasteiger partial charge in [0.05, 0.1) is 23.7 Å². The molecule has 0 amide bonds. The molecule has 92 valence electrons. The van der Waals surface area contributed by atoms with Crippen molar-refractivity contribution in [1.82, 2.24) is 0 Å². The number of hydrogen-bond acceptors (Lipinski definition) is 5. The van der Waals surface area contributed by atoms with Gasteiger partial charge in [0.2, 0.25) is 0 Å². The highest BCUT2D eigenvalue weighted by atomic mass is 16.7. The van der Waals surface area contributed by atoms with Crippen LogP contribution >= 0.6 is 0 Å². The third-order valence-corrected chi connectivity index (χ3v) is 2.76. The number of rotatable bonds is 2. The minimum atomic E-state index is -0.495. The summed E-state index contributed by atoms with van der Waals surface area (Å²) in [5.41, 5.74) is 6.55. The second-order valence-electron chi connectivity index (χ2n) is 4.02. The first-order valence-corrected chi connectivity index (χ1v) is 5.35. The minimum Gasteiger partial charge on any atom is -0.347 e. The predicted octanol–water partition coefficient (Wildman–Crippen LogP) is 1.36. The number of benzene rings is 1. The van der Waals surface area contributed by atoms with Crippen LogP contribution in [0.4, 0.5) is 5.69 Å². The molecule has 0 aromatic heterocycles. The Morgan fingerprint density at radius 1 is 1.41 bits per heavy atom. The van der Waals surface area contributed by atoms with Gasteiger partial charge in [-0.15, -0.1) is 0 Å². The smallest absolute Gasteiger partial charge is 0.269 e. The van der Waals surface area contributed by atoms with Gasteiger partial charge in [0.1, 0.15) is 0 Å². The molecule has 1 aliphatic heterocycles. The van der Waals surface area contributed by atoms with E-state index in [9.17, 15) is 10.1 Å². The molecule has 1 aromatic rings. The third-order valence-electron chi connectivity index (χ3n) is 2.76. The normalized spacial score (nSPS) is 28.9. The van der Waals surface area contributed by atoms with Crippen LogP contribution in [0.2, 0.25) is 0 Å². The largest absolute Gasteiger partial charge is 0.347 e. The Bertz CT molecular complexity index is 406. The van der Waals surface area contributed by atoms with E-state index >= 15 is 0 Å². The average molecular weight is 238 g/mol. The highest BCUT2D eigenvalue weighted by Gasteiger charge is 2.27. The molecule has 1 aromatic carbocycles. The van der Waals surface area contributed by atoms with Gasteiger partial charge in [-0.05, 0) is 19.1 Å². The number of nitro groups is 1. The molecule has 0 unspecified atom stereocenters. The minimum absolute atomic E-state index is 0.0503. The topological polar surface area (TPSA) is 87.6 Å². The molecule has 2 rings (SSSR count). The molecule has 17 heavy (non-hydrogen) atoms. The van der Waals surface area contributed by atoms with Crippen LogP contribution in [-0.2, 0) is 9.47 Å². The van der Waals surface area contributed by atoms with Gasteiger partial charge in [-0.2, -0.15) is 0 Å². The Morgan fingerprint density at radius 2 is 2.06 bits per heavy atom. The summed E-state index contributed by atoms with van der Waals surface area (Å²) in [7, 11) is 0. The molecule has 0 saturated carbocycles. The van der Waals surface area contributed by atoms with E-state index in [2.05, 4.69) is 0 Å². The molecule has 6 heteroatoms. The molecule has 0 radical (unpaired) electrons. The number of nitro benzene ring substituents is 1. The lowest BCUT2D eigenvalue weighted by Crippen LogP contribution is -2.44. The SMILES string of the molecule is C[C@@H]1O[C@@H](c2ccc([N+](=O)[O-])cc2)OC[C@H]1N. The number of nitrogens with zero attached hydrogens (tertiary/aromatic N) is 1. The Morgan fingerprint density at radius 3 is 2.59 bits per heavy atom. The highest BCUT2D eigenvalue weighted by molar-refractivity contribution is 5.33. The van der Waals surface area contributed by atoms with Crippen molar-refractivity contribution in [2.45, 2.75) is 25.4 Å². The average Bonchev–Trinajstić information content (AvgIpc) is 2.33. The molecular weight excluding hydrogens is 224 g/mol. The fourth-order valence-electron chi connectivity index (χ4n) is 1.60. The van der Waals surface area contributed by atoms with E-state index in [0.29, 0.717) is 6.61 Å². The molecule has 2 N–H and O–H groups in total. The zero-order valence-corrected chi connectivity index (χ0v) is 9.41. The van der Waals surface area contributed by atoms with Crippen molar-refractivity contribution in [3.8, 4) is 0 Å². The summed E-state index contributed by atoms with van der Waals surface area (Å²) in [5, 5.41) is 10.5. The predicted molar refractivity (Wildman–Crippen MR) is 60.3 cm³/mol. The second-order valence-corrected chi connectivity index (χ2v) is 4.02. The quantitative estimate of drug-likeness (QED) is 0.620. The van der Waals surface area contributed by atoms with Gasteiger partial charge in [0.25, 0.3) is 5.69 Å². The summed E-state index contributed by atoms with van der Waals surface area (Å²) in [4.78, 5) is 10.1. The summed E-state index contributed by atoms with van der Waals surface area (Å²) in [5.74, 6) is 0. The zero-order chi connectivity index (χ0) is 12.4. The summed E-state index contributed by atoms with van der Waals surface area (Å²) >= 11 is 0. The lowest BCUT2D eigenvalue weighted by Gasteiger charge is -2.32. The van der Waals surface area contributed by atoms with E-state index in [1.165, 1.54) is 12.1 Å². The molecule has 6 nitrogen and oxygen atoms in total. The summed E-state index contributed by atoms with van der Waals surface area (Å²) in [6, 6.07) is 5.99. The van der Waals surface area contributed by atoms with Crippen LogP contribution in [0.5, 0.6) is 0 Å². The standard InChI is InChI=1S/C11H14N2O4/c1-7-10(12)6-16-11(17-7)8-2-4-9(5-3-8)13(14)15/h2-5,7,10-11H,6,12H2,1H3/t7-,10+,11-/m0/s1. The first kappa shape index (κ1) is 12.0. The van der Waals surface area contributed by atoms with Gasteiger partial charge in [-0.25, -0.2) is 0 Å². The number of nitrogens with two attached hydrogens (primary N) is 1. The van der Waals surface area contributed by atoms with Gasteiger partial charge in [-0.3, -0.25) is 10.1 Å². The summed E-state index contributed by atoms with van der Waals surface area (Å²) in [6.45, 7) is 2.30. The van der Waals surface area contributed by atoms with Crippen LogP contribution in [-0.4, -0.2) is 23.7 Å². The monoisotopic (exact) mass is 238 g/mol. The molecular formula is C11H14N2O4. The van der Waals surface area contributed by atoms with Crippen LogP contribution in [0.1, 0.15) is 18.8 Å². The molecule has 1 aliphatic rings. The Kier molecular flexibility index (Phi) is 3.37. The molecule has 1 heterocycles. The highest BCUT2D eigenvalue weighted by Crippen LogP contribution is 2.26. The van der Waals surface area contributed by atoms with Gasteiger partial charge in [0, 0.05) is 17.7 Å². The van der Waals surface area contributed by atoms with Crippen molar-refractivity contribution in [3.05, 3.63) is 39.9 Å². The summed E-state index contributed by atoms with van der Waals surface area (Å²) < 4.78 is 11.0. The Hall–Kier alpha value is -1.50. The molecule has 1 fully saturated rings. The Labute approximate surface area is 98.5 Å². The van der Waals surface area contributed by atoms with E-state index in [-0.39, 0.29) is 17.8 Å². The number of ether oxygens (including phenoxy) is 2. The number of non-ortho nitro benzene ring substituents is 1. The maximum absolute atomic E-state index is 10.5. The van der Waals surface area contributed by atoms with Crippen LogP contribution < -0.4 is 5.73 Å². The van der Waals surface area contributed by atoms with Gasteiger partial charge in [0.15, 0.2) is 6.29 Å². The first-order chi connectivity index (χ1) is 8.08. The molecule has 1 saturated heterocycles. The third kappa shape index (κ3) is 2.60. The van der Waals surface area contributed by atoms with Gasteiger partial charge < -0.3 is 15.2 Å².